The summed E-state index contributed by atoms with van der Waals surface area (Å²) in [6.45, 7) is 71.2. The second kappa shape index (κ2) is 63.5. The van der Waals surface area contributed by atoms with Crippen molar-refractivity contribution in [3.63, 3.8) is 0 Å². The Bertz CT molecular complexity index is 1220. The zero-order chi connectivity index (χ0) is 65.8. The van der Waals surface area contributed by atoms with Crippen LogP contribution in [0.2, 0.25) is 0 Å². The Balaban J connectivity index is -0.000000105. The van der Waals surface area contributed by atoms with Crippen LogP contribution in [0.1, 0.15) is 248 Å². The molecule has 0 unspecified atom stereocenters. The van der Waals surface area contributed by atoms with Crippen LogP contribution in [-0.4, -0.2) is 89.1 Å². The minimum absolute atomic E-state index is 0.00387. The van der Waals surface area contributed by atoms with Gasteiger partial charge in [0.25, 0.3) is 0 Å². The molecule has 81 heavy (non-hydrogen) atoms. The molecule has 0 aromatic carbocycles. The van der Waals surface area contributed by atoms with Crippen LogP contribution in [0.4, 0.5) is 0 Å². The predicted molar refractivity (Wildman–Crippen MR) is 357 cm³/mol. The molecular formula is C63H129N15W3-12. The van der Waals surface area contributed by atoms with Gasteiger partial charge in [-0.05, 0) is 0 Å². The van der Waals surface area contributed by atoms with Crippen LogP contribution in [0.25, 0.3) is 63.8 Å². The van der Waals surface area contributed by atoms with Crippen molar-refractivity contribution in [3.8, 4) is 0 Å². The first-order valence-corrected chi connectivity index (χ1v) is 33.0. The average Bonchev–Trinajstić information content (AvgIpc) is 3.28. The third-order valence-corrected chi connectivity index (χ3v) is 8.39. The molecule has 0 aromatic heterocycles. The Kier molecular flexibility index (Phi) is 76.6. The predicted octanol–water partition coefficient (Wildman–Crippen LogP) is 23.9. The minimum atomic E-state index is 0.00387. The number of hydrogen-bond acceptors (Lipinski definition) is 3. The molecule has 0 radical (unpaired) electrons. The summed E-state index contributed by atoms with van der Waals surface area (Å²) < 4.78 is 11.8. The van der Waals surface area contributed by atoms with Gasteiger partial charge in [-0.3, -0.25) is 0 Å². The maximum atomic E-state index is 4.29. The standard InChI is InChI=1S/3C10H20N2.3C8H16N2.3C3H7N.3W/c3*1-9(2,3)11-7-8-12-10(4,5)6;3*1-7(2)9-5-6-10-8(3)4;3*1-2-3-4;;;/h3*7-8H,1-6H3;3*5-8H,1-4H3;3*2-3H2,1H3;;;/q6*-2;;;;;;. The van der Waals surface area contributed by atoms with Gasteiger partial charge in [0.2, 0.25) is 0 Å². The molecule has 0 aliphatic rings. The van der Waals surface area contributed by atoms with Crippen LogP contribution in [0.15, 0.2) is 84.9 Å². The van der Waals surface area contributed by atoms with Crippen molar-refractivity contribution in [3.05, 3.63) is 138 Å². The molecule has 0 amide bonds. The van der Waals surface area contributed by atoms with Gasteiger partial charge in [0.15, 0.2) is 0 Å². The monoisotopic (exact) mass is 1650 g/mol. The van der Waals surface area contributed by atoms with E-state index in [-0.39, 0.29) is 33.2 Å². The summed E-state index contributed by atoms with van der Waals surface area (Å²) in [5.41, 5.74) is 0.0232. The summed E-state index contributed by atoms with van der Waals surface area (Å²) in [5, 5.41) is 50.4. The molecule has 0 saturated heterocycles. The van der Waals surface area contributed by atoms with E-state index < -0.39 is 0 Å². The van der Waals surface area contributed by atoms with Gasteiger partial charge in [0, 0.05) is 0 Å². The Labute approximate surface area is 540 Å². The molecule has 15 nitrogen and oxygen atoms in total. The summed E-state index contributed by atoms with van der Waals surface area (Å²) in [6, 6.07) is 2.24. The fourth-order valence-electron chi connectivity index (χ4n) is 3.08. The summed E-state index contributed by atoms with van der Waals surface area (Å²) in [5.74, 6) is 0. The van der Waals surface area contributed by atoms with Gasteiger partial charge >= 0.3 is 129 Å². The van der Waals surface area contributed by atoms with E-state index in [1.54, 1.807) is 74.4 Å². The van der Waals surface area contributed by atoms with E-state index in [4.69, 9.17) is 0 Å². The molecule has 0 aliphatic carbocycles. The molecule has 0 aromatic rings. The first-order valence-electron chi connectivity index (χ1n) is 29.0. The van der Waals surface area contributed by atoms with E-state index in [1.165, 1.54) is 78.2 Å². The molecule has 0 atom stereocenters. The summed E-state index contributed by atoms with van der Waals surface area (Å²) in [6.07, 6.45) is 24.7. The third-order valence-electron chi connectivity index (χ3n) is 6.42. The van der Waals surface area contributed by atoms with Gasteiger partial charge in [-0.2, -0.15) is 0 Å². The number of nitrogens with zero attached hydrogens (tertiary/aromatic N) is 15. The van der Waals surface area contributed by atoms with Gasteiger partial charge in [-0.25, -0.2) is 74.4 Å². The van der Waals surface area contributed by atoms with Gasteiger partial charge in [0.1, 0.15) is 0 Å². The molecule has 0 heterocycles. The van der Waals surface area contributed by atoms with Crippen molar-refractivity contribution >= 4 is 0 Å². The fourth-order valence-corrected chi connectivity index (χ4v) is 5.05. The average molecular weight is 1650 g/mol. The zero-order valence-corrected chi connectivity index (χ0v) is 67.4. The van der Waals surface area contributed by atoms with Crippen LogP contribution in [0, 0.1) is 0 Å². The van der Waals surface area contributed by atoms with Crippen molar-refractivity contribution < 1.29 is 58.9 Å². The number of rotatable bonds is 24. The molecule has 18 heteroatoms. The Morgan fingerprint density at radius 3 is 0.407 bits per heavy atom. The summed E-state index contributed by atoms with van der Waals surface area (Å²) >= 11 is 4.05. The van der Waals surface area contributed by atoms with E-state index in [1.807, 2.05) is 83.1 Å². The van der Waals surface area contributed by atoms with Crippen molar-refractivity contribution in [2.24, 2.45) is 10.5 Å². The van der Waals surface area contributed by atoms with Crippen LogP contribution in [-0.2, 0) is 58.9 Å². The molecule has 0 N–H and O–H groups in total. The Morgan fingerprint density at radius 2 is 0.358 bits per heavy atom. The topological polar surface area (TPSA) is 206 Å². The van der Waals surface area contributed by atoms with Crippen molar-refractivity contribution in [2.75, 3.05) is 19.6 Å². The molecule has 486 valence electrons. The molecule has 0 spiro atoms. The Morgan fingerprint density at radius 1 is 0.247 bits per heavy atom. The first kappa shape index (κ1) is 97.6. The summed E-state index contributed by atoms with van der Waals surface area (Å²) in [4.78, 5) is 0. The van der Waals surface area contributed by atoms with E-state index in [9.17, 15) is 0 Å². The zero-order valence-electron chi connectivity index (χ0n) is 58.6. The number of hydrogen-bond donors (Lipinski definition) is 0. The quantitative estimate of drug-likeness (QED) is 0.0884. The molecule has 0 saturated carbocycles. The molecule has 0 aliphatic heterocycles. The van der Waals surface area contributed by atoms with Crippen molar-refractivity contribution in [1.82, 2.24) is 0 Å². The van der Waals surface area contributed by atoms with Gasteiger partial charge in [0.05, 0.1) is 0 Å². The van der Waals surface area contributed by atoms with Crippen LogP contribution in [0.3, 0.4) is 0 Å². The molecular weight excluding hydrogens is 1520 g/mol. The van der Waals surface area contributed by atoms with Gasteiger partial charge in [-0.15, -0.1) is 69.5 Å². The molecule has 0 fully saturated rings. The second-order valence-corrected chi connectivity index (χ2v) is 28.4. The van der Waals surface area contributed by atoms with Gasteiger partial charge < -0.3 is 63.8 Å². The van der Waals surface area contributed by atoms with Crippen LogP contribution in [0.5, 0.6) is 0 Å². The van der Waals surface area contributed by atoms with E-state index in [0.717, 1.165) is 19.6 Å². The summed E-state index contributed by atoms with van der Waals surface area (Å²) in [7, 11) is 0. The first-order chi connectivity index (χ1) is 36.7. The van der Waals surface area contributed by atoms with E-state index >= 15 is 0 Å². The fraction of sp³-hybridized carbons (Fsp3) is 0.810. The van der Waals surface area contributed by atoms with Crippen LogP contribution >= 0.6 is 0 Å². The maximum absolute atomic E-state index is 4.29. The third kappa shape index (κ3) is 167. The van der Waals surface area contributed by atoms with Gasteiger partial charge in [-0.1, -0.05) is 208 Å². The molecule has 0 rings (SSSR count). The van der Waals surface area contributed by atoms with Crippen molar-refractivity contribution in [1.29, 1.82) is 0 Å². The second-order valence-electron chi connectivity index (χ2n) is 25.6. The Hall–Kier alpha value is -2.50. The van der Waals surface area contributed by atoms with E-state index in [2.05, 4.69) is 220 Å². The van der Waals surface area contributed by atoms with E-state index in [0.29, 0.717) is 36.3 Å². The molecule has 0 bridgehead atoms. The van der Waals surface area contributed by atoms with Crippen LogP contribution < -0.4 is 0 Å². The SMILES string of the molecule is CC(C)(C)[N-]C=C[N-]C(C)(C)C.CC(C)(C)[N-]C=C[N-]C(C)(C)C.CC(C)(C)[N-]C=C[N-]C(C)(C)C.CC(C)[N-]C=C[N-]C(C)C.CC(C)[N-]C=C[N-]C(C)C.CC(C)[N-]C=C[N-]C(C)C.CCC[N]=[W].CCC[N]=[W].CCC[N]=[W]. The normalized spacial score (nSPS) is 11.6. The van der Waals surface area contributed by atoms with Crippen molar-refractivity contribution in [2.45, 2.75) is 317 Å².